The molecule has 4 aromatic rings. The number of nitrogens with one attached hydrogen (secondary N) is 2. The molecule has 0 saturated heterocycles. The van der Waals surface area contributed by atoms with E-state index in [0.717, 1.165) is 32.1 Å². The Hall–Kier alpha value is -3.66. The normalized spacial score (nSPS) is 14.9. The average molecular weight is 481 g/mol. The number of rotatable bonds is 6. The predicted molar refractivity (Wildman–Crippen MR) is 126 cm³/mol. The van der Waals surface area contributed by atoms with E-state index in [0.29, 0.717) is 22.6 Å². The highest BCUT2D eigenvalue weighted by Gasteiger charge is 2.27. The average Bonchev–Trinajstić information content (AvgIpc) is 3.50. The van der Waals surface area contributed by atoms with Gasteiger partial charge >= 0.3 is 0 Å². The van der Waals surface area contributed by atoms with Crippen LogP contribution in [-0.2, 0) is 15.8 Å². The van der Waals surface area contributed by atoms with E-state index in [1.54, 1.807) is 42.5 Å². The van der Waals surface area contributed by atoms with Gasteiger partial charge in [0.05, 0.1) is 17.6 Å². The minimum absolute atomic E-state index is 0.0394. The lowest BCUT2D eigenvalue weighted by molar-refractivity contribution is 0.0976. The van der Waals surface area contributed by atoms with Gasteiger partial charge in [0.25, 0.3) is 11.5 Å². The third-order valence-corrected chi connectivity index (χ3v) is 7.32. The van der Waals surface area contributed by atoms with Gasteiger partial charge in [-0.15, -0.1) is 0 Å². The Labute approximate surface area is 195 Å². The second-order valence-corrected chi connectivity index (χ2v) is 10.3. The number of aromatic nitrogens is 3. The van der Waals surface area contributed by atoms with Gasteiger partial charge in [-0.2, -0.15) is 0 Å². The molecule has 1 aromatic carbocycles. The van der Waals surface area contributed by atoms with E-state index in [9.17, 15) is 18.0 Å². The lowest BCUT2D eigenvalue weighted by Crippen LogP contribution is -2.32. The number of hydrogen-bond donors (Lipinski definition) is 2. The fraction of sp³-hybridized carbons (Fsp3) is 0.292. The number of aromatic amines is 1. The van der Waals surface area contributed by atoms with Crippen LogP contribution in [-0.4, -0.2) is 28.9 Å². The number of carbonyl (C=O) groups is 1. The zero-order valence-electron chi connectivity index (χ0n) is 18.4. The van der Waals surface area contributed by atoms with Gasteiger partial charge in [-0.05, 0) is 36.5 Å². The summed E-state index contributed by atoms with van der Waals surface area (Å²) in [5, 5.41) is 2.74. The molecule has 0 atom stereocenters. The topological polar surface area (TPSA) is 127 Å². The molecule has 0 radical (unpaired) electrons. The van der Waals surface area contributed by atoms with Crippen molar-refractivity contribution in [2.75, 3.05) is 0 Å². The Morgan fingerprint density at radius 1 is 1.12 bits per heavy atom. The van der Waals surface area contributed by atoms with Crippen LogP contribution in [0.25, 0.3) is 17.1 Å². The molecule has 1 saturated carbocycles. The summed E-state index contributed by atoms with van der Waals surface area (Å²) >= 11 is 0. The van der Waals surface area contributed by atoms with Gasteiger partial charge in [-0.1, -0.05) is 49.6 Å². The maximum absolute atomic E-state index is 13.5. The Kier molecular flexibility index (Phi) is 5.82. The van der Waals surface area contributed by atoms with Crippen molar-refractivity contribution in [3.05, 3.63) is 82.0 Å². The predicted octanol–water partition coefficient (Wildman–Crippen LogP) is 3.59. The molecule has 9 nitrogen and oxygen atoms in total. The van der Waals surface area contributed by atoms with Gasteiger partial charge < -0.3 is 4.42 Å². The molecule has 34 heavy (non-hydrogen) atoms. The third kappa shape index (κ3) is 4.41. The lowest BCUT2D eigenvalue weighted by Gasteiger charge is -2.22. The van der Waals surface area contributed by atoms with Crippen LogP contribution < -0.4 is 10.3 Å². The highest BCUT2D eigenvalue weighted by Crippen LogP contribution is 2.35. The molecule has 1 aliphatic carbocycles. The fourth-order valence-corrected chi connectivity index (χ4v) is 5.64. The van der Waals surface area contributed by atoms with Crippen molar-refractivity contribution in [2.45, 2.75) is 43.8 Å². The molecule has 1 amide bonds. The first-order valence-corrected chi connectivity index (χ1v) is 12.8. The number of furan rings is 1. The molecule has 3 heterocycles. The van der Waals surface area contributed by atoms with Crippen molar-refractivity contribution in [3.8, 4) is 11.5 Å². The van der Waals surface area contributed by atoms with Crippen LogP contribution in [0.2, 0.25) is 0 Å². The maximum Gasteiger partial charge on any atom is 0.282 e. The number of amides is 1. The fourth-order valence-electron chi connectivity index (χ4n) is 4.54. The van der Waals surface area contributed by atoms with E-state index in [2.05, 4.69) is 14.8 Å². The summed E-state index contributed by atoms with van der Waals surface area (Å²) in [6, 6.07) is 13.4. The molecular formula is C24H24N4O5S. The Morgan fingerprint density at radius 2 is 1.88 bits per heavy atom. The van der Waals surface area contributed by atoms with Gasteiger partial charge in [-0.3, -0.25) is 14.7 Å². The van der Waals surface area contributed by atoms with E-state index >= 15 is 0 Å². The summed E-state index contributed by atoms with van der Waals surface area (Å²) in [4.78, 5) is 30.9. The molecule has 2 N–H and O–H groups in total. The largest absolute Gasteiger partial charge is 0.463 e. The van der Waals surface area contributed by atoms with E-state index in [4.69, 9.17) is 4.42 Å². The summed E-state index contributed by atoms with van der Waals surface area (Å²) < 4.78 is 33.8. The van der Waals surface area contributed by atoms with E-state index < -0.39 is 15.9 Å². The Balaban J connectivity index is 1.51. The summed E-state index contributed by atoms with van der Waals surface area (Å²) in [5.41, 5.74) is 1.39. The number of H-pyrrole nitrogens is 1. The standard InChI is InChI=1S/C24H24N4O5S/c29-23(27-34(31,32)15-16-8-3-1-4-9-16)18-14-20-25-22(19-12-7-13-33-19)21(24(30)28(20)26-18)17-10-5-2-6-11-17/h1,3-4,7-9,12-14,17,26H,2,5-6,10-11,15H2,(H,27,29). The van der Waals surface area contributed by atoms with Crippen LogP contribution in [0.1, 0.15) is 59.6 Å². The summed E-state index contributed by atoms with van der Waals surface area (Å²) in [6.07, 6.45) is 6.47. The molecule has 0 aliphatic heterocycles. The van der Waals surface area contributed by atoms with Crippen molar-refractivity contribution < 1.29 is 17.6 Å². The summed E-state index contributed by atoms with van der Waals surface area (Å²) in [6.45, 7) is 0. The van der Waals surface area contributed by atoms with Crippen LogP contribution >= 0.6 is 0 Å². The highest BCUT2D eigenvalue weighted by molar-refractivity contribution is 7.89. The molecule has 1 fully saturated rings. The molecule has 1 aliphatic rings. The number of hydrogen-bond acceptors (Lipinski definition) is 6. The molecule has 5 rings (SSSR count). The van der Waals surface area contributed by atoms with Crippen molar-refractivity contribution in [2.24, 2.45) is 0 Å². The van der Waals surface area contributed by atoms with Gasteiger partial charge in [0, 0.05) is 6.07 Å². The minimum atomic E-state index is -3.94. The van der Waals surface area contributed by atoms with Gasteiger partial charge in [-0.25, -0.2) is 22.6 Å². The third-order valence-electron chi connectivity index (χ3n) is 6.11. The molecule has 0 unspecified atom stereocenters. The number of nitrogens with zero attached hydrogens (tertiary/aromatic N) is 2. The number of sulfonamides is 1. The zero-order chi connectivity index (χ0) is 23.7. The maximum atomic E-state index is 13.5. The van der Waals surface area contributed by atoms with E-state index in [-0.39, 0.29) is 28.6 Å². The Morgan fingerprint density at radius 3 is 2.59 bits per heavy atom. The monoisotopic (exact) mass is 480 g/mol. The van der Waals surface area contributed by atoms with Crippen molar-refractivity contribution in [1.29, 1.82) is 0 Å². The summed E-state index contributed by atoms with van der Waals surface area (Å²) in [7, 11) is -3.94. The van der Waals surface area contributed by atoms with Crippen LogP contribution in [0.4, 0.5) is 0 Å². The quantitative estimate of drug-likeness (QED) is 0.434. The zero-order valence-corrected chi connectivity index (χ0v) is 19.2. The van der Waals surface area contributed by atoms with Crippen LogP contribution in [0.15, 0.2) is 64.0 Å². The summed E-state index contributed by atoms with van der Waals surface area (Å²) in [5.74, 6) is -0.679. The number of fused-ring (bicyclic) bond motifs is 1. The van der Waals surface area contributed by atoms with Crippen LogP contribution in [0.3, 0.4) is 0 Å². The SMILES string of the molecule is O=C(NS(=O)(=O)Cc1ccccc1)c1cc2nc(-c3ccco3)c(C3CCCCC3)c(=O)n2[nH]1. The van der Waals surface area contributed by atoms with E-state index in [1.807, 2.05) is 0 Å². The van der Waals surface area contributed by atoms with Gasteiger partial charge in [0.15, 0.2) is 11.4 Å². The number of benzene rings is 1. The van der Waals surface area contributed by atoms with Gasteiger partial charge in [0.2, 0.25) is 10.0 Å². The second-order valence-electron chi connectivity index (χ2n) is 8.53. The molecule has 0 bridgehead atoms. The first-order chi connectivity index (χ1) is 16.4. The first-order valence-electron chi connectivity index (χ1n) is 11.2. The minimum Gasteiger partial charge on any atom is -0.463 e. The second kappa shape index (κ2) is 8.94. The molecular weight excluding hydrogens is 456 g/mol. The first kappa shape index (κ1) is 22.1. The molecule has 0 spiro atoms. The van der Waals surface area contributed by atoms with Crippen LogP contribution in [0, 0.1) is 0 Å². The lowest BCUT2D eigenvalue weighted by atomic mass is 9.83. The number of carbonyl (C=O) groups excluding carboxylic acids is 1. The van der Waals surface area contributed by atoms with Crippen molar-refractivity contribution >= 4 is 21.6 Å². The van der Waals surface area contributed by atoms with Crippen LogP contribution in [0.5, 0.6) is 0 Å². The van der Waals surface area contributed by atoms with Gasteiger partial charge in [0.1, 0.15) is 11.4 Å². The van der Waals surface area contributed by atoms with E-state index in [1.165, 1.54) is 16.8 Å². The highest BCUT2D eigenvalue weighted by atomic mass is 32.2. The molecule has 3 aromatic heterocycles. The Bertz CT molecular complexity index is 1480. The van der Waals surface area contributed by atoms with Crippen molar-refractivity contribution in [3.63, 3.8) is 0 Å². The van der Waals surface area contributed by atoms with Crippen molar-refractivity contribution in [1.82, 2.24) is 19.3 Å². The molecule has 10 heteroatoms. The molecule has 176 valence electrons. The smallest absolute Gasteiger partial charge is 0.282 e.